The summed E-state index contributed by atoms with van der Waals surface area (Å²) in [5.74, 6) is -0.876. The van der Waals surface area contributed by atoms with E-state index in [1.54, 1.807) is 0 Å². The van der Waals surface area contributed by atoms with Gasteiger partial charge in [-0.3, -0.25) is 14.2 Å². The molecule has 0 saturated heterocycles. The summed E-state index contributed by atoms with van der Waals surface area (Å²) >= 11 is 0. The summed E-state index contributed by atoms with van der Waals surface area (Å²) in [7, 11) is 1.17. The molecule has 362 valence electrons. The average Bonchev–Trinajstić information content (AvgIpc) is 3.21. The number of likely N-dealkylation sites (N-methyl/N-ethyl adjacent to an activating group) is 1. The number of unbranched alkanes of at least 4 members (excludes halogenated alkanes) is 32. The second-order valence-corrected chi connectivity index (χ2v) is 20.3. The van der Waals surface area contributed by atoms with Crippen LogP contribution in [-0.4, -0.2) is 70.0 Å². The topological polar surface area (TPSA) is 111 Å². The molecule has 9 nitrogen and oxygen atoms in total. The molecule has 0 radical (unpaired) electrons. The number of phosphoric ester groups is 1. The molecule has 0 bridgehead atoms. The van der Waals surface area contributed by atoms with Crippen LogP contribution in [0.2, 0.25) is 0 Å². The van der Waals surface area contributed by atoms with Crippen molar-refractivity contribution in [1.82, 2.24) is 0 Å². The highest BCUT2D eigenvalue weighted by Crippen LogP contribution is 2.38. The lowest BCUT2D eigenvalue weighted by Gasteiger charge is -2.28. The van der Waals surface area contributed by atoms with Crippen molar-refractivity contribution in [3.8, 4) is 0 Å². The van der Waals surface area contributed by atoms with Crippen molar-refractivity contribution in [2.45, 2.75) is 258 Å². The number of quaternary nitrogens is 1. The molecular formula is C51H100NO8P. The van der Waals surface area contributed by atoms with E-state index in [9.17, 15) is 19.0 Å². The van der Waals surface area contributed by atoms with Crippen LogP contribution in [0.1, 0.15) is 251 Å². The highest BCUT2D eigenvalue weighted by atomic mass is 31.2. The molecule has 0 amide bonds. The van der Waals surface area contributed by atoms with Crippen molar-refractivity contribution in [2.75, 3.05) is 47.5 Å². The Bertz CT molecular complexity index is 1050. The first-order chi connectivity index (χ1) is 29.5. The summed E-state index contributed by atoms with van der Waals surface area (Å²) in [5, 5.41) is 0. The van der Waals surface area contributed by atoms with E-state index < -0.39 is 32.5 Å². The average molecular weight is 886 g/mol. The predicted molar refractivity (Wildman–Crippen MR) is 255 cm³/mol. The summed E-state index contributed by atoms with van der Waals surface area (Å²) in [5.41, 5.74) is 0. The Morgan fingerprint density at radius 2 is 0.869 bits per heavy atom. The van der Waals surface area contributed by atoms with Gasteiger partial charge in [-0.25, -0.2) is 0 Å². The Kier molecular flexibility index (Phi) is 43.1. The fraction of sp³-hybridized carbons (Fsp3) is 0.922. The molecule has 0 spiro atoms. The number of phosphoric acid groups is 1. The minimum Gasteiger partial charge on any atom is -0.756 e. The highest BCUT2D eigenvalue weighted by molar-refractivity contribution is 7.45. The molecule has 0 saturated carbocycles. The molecule has 10 heteroatoms. The highest BCUT2D eigenvalue weighted by Gasteiger charge is 2.21. The number of rotatable bonds is 48. The number of carbonyl (C=O) groups excluding carboxylic acids is 2. The Hall–Kier alpha value is -1.25. The lowest BCUT2D eigenvalue weighted by Crippen LogP contribution is -2.37. The first kappa shape index (κ1) is 59.8. The maximum Gasteiger partial charge on any atom is 0.306 e. The maximum atomic E-state index is 12.7. The van der Waals surface area contributed by atoms with Crippen LogP contribution in [0.25, 0.3) is 0 Å². The quantitative estimate of drug-likeness (QED) is 0.0195. The zero-order valence-corrected chi connectivity index (χ0v) is 41.8. The van der Waals surface area contributed by atoms with E-state index in [0.29, 0.717) is 23.9 Å². The van der Waals surface area contributed by atoms with Gasteiger partial charge in [0.1, 0.15) is 19.8 Å². The van der Waals surface area contributed by atoms with E-state index in [1.165, 1.54) is 186 Å². The summed E-state index contributed by atoms with van der Waals surface area (Å²) in [6.07, 6.45) is 48.3. The van der Waals surface area contributed by atoms with Crippen molar-refractivity contribution in [1.29, 1.82) is 0 Å². The van der Waals surface area contributed by atoms with Crippen LogP contribution in [0.5, 0.6) is 0 Å². The molecule has 0 aromatic carbocycles. The van der Waals surface area contributed by atoms with Gasteiger partial charge in [-0.05, 0) is 25.7 Å². The first-order valence-electron chi connectivity index (χ1n) is 25.9. The SMILES string of the molecule is CCCCCCCCCCCCC/C=C/CCC(=O)OC[C@H](COP(=O)([O-])OCC[N+](C)(C)C)OC(=O)CCCCCCCCCCCCCCCCCCCCCCCC. The number of carbonyl (C=O) groups is 2. The van der Waals surface area contributed by atoms with Crippen LogP contribution in [0.3, 0.4) is 0 Å². The van der Waals surface area contributed by atoms with Gasteiger partial charge in [0.15, 0.2) is 6.10 Å². The van der Waals surface area contributed by atoms with Crippen LogP contribution < -0.4 is 4.89 Å². The Balaban J connectivity index is 4.21. The van der Waals surface area contributed by atoms with Crippen LogP contribution in [-0.2, 0) is 32.7 Å². The van der Waals surface area contributed by atoms with Gasteiger partial charge in [-0.15, -0.1) is 0 Å². The standard InChI is InChI=1S/C51H100NO8P/c1-6-8-10-12-14-16-18-20-22-23-24-25-26-27-28-30-32-34-36-38-40-42-44-51(54)60-49(48-59-61(55,56)58-46-45-52(3,4)5)47-57-50(53)43-41-39-37-35-33-31-29-21-19-17-15-13-11-9-7-2/h37,39,49H,6-36,38,40-48H2,1-5H3/b39-37+/t49-/m1/s1. The molecule has 0 aliphatic rings. The van der Waals surface area contributed by atoms with Gasteiger partial charge in [0.25, 0.3) is 7.82 Å². The van der Waals surface area contributed by atoms with Crippen molar-refractivity contribution in [2.24, 2.45) is 0 Å². The fourth-order valence-corrected chi connectivity index (χ4v) is 8.23. The molecule has 1 unspecified atom stereocenters. The number of ether oxygens (including phenoxy) is 2. The summed E-state index contributed by atoms with van der Waals surface area (Å²) in [4.78, 5) is 37.6. The summed E-state index contributed by atoms with van der Waals surface area (Å²) in [6, 6.07) is 0. The Morgan fingerprint density at radius 1 is 0.492 bits per heavy atom. The Morgan fingerprint density at radius 3 is 1.28 bits per heavy atom. The molecule has 61 heavy (non-hydrogen) atoms. The fourth-order valence-electron chi connectivity index (χ4n) is 7.50. The van der Waals surface area contributed by atoms with Crippen molar-refractivity contribution < 1.29 is 42.1 Å². The second-order valence-electron chi connectivity index (χ2n) is 18.9. The lowest BCUT2D eigenvalue weighted by atomic mass is 10.0. The number of hydrogen-bond acceptors (Lipinski definition) is 8. The maximum absolute atomic E-state index is 12.7. The van der Waals surface area contributed by atoms with E-state index in [2.05, 4.69) is 19.9 Å². The van der Waals surface area contributed by atoms with Crippen LogP contribution in [0.4, 0.5) is 0 Å². The van der Waals surface area contributed by atoms with E-state index in [0.717, 1.165) is 25.7 Å². The zero-order valence-electron chi connectivity index (χ0n) is 40.9. The van der Waals surface area contributed by atoms with Crippen LogP contribution in [0.15, 0.2) is 12.2 Å². The molecule has 0 rings (SSSR count). The minimum absolute atomic E-state index is 0.0317. The molecule has 0 aliphatic heterocycles. The Labute approximate surface area is 377 Å². The number of allylic oxidation sites excluding steroid dienone is 2. The third-order valence-corrected chi connectivity index (χ3v) is 12.5. The molecule has 0 aromatic heterocycles. The van der Waals surface area contributed by atoms with Crippen molar-refractivity contribution >= 4 is 19.8 Å². The minimum atomic E-state index is -4.63. The second kappa shape index (κ2) is 44.0. The predicted octanol–water partition coefficient (Wildman–Crippen LogP) is 14.7. The first-order valence-corrected chi connectivity index (χ1v) is 27.4. The molecule has 0 aromatic rings. The molecule has 0 heterocycles. The third-order valence-electron chi connectivity index (χ3n) is 11.5. The van der Waals surface area contributed by atoms with Gasteiger partial charge in [-0.1, -0.05) is 225 Å². The molecule has 0 fully saturated rings. The van der Waals surface area contributed by atoms with Gasteiger partial charge in [0, 0.05) is 12.8 Å². The number of esters is 2. The third kappa shape index (κ3) is 48.1. The largest absolute Gasteiger partial charge is 0.756 e. The normalized spacial score (nSPS) is 13.5. The zero-order chi connectivity index (χ0) is 45.0. The molecule has 0 N–H and O–H groups in total. The van der Waals surface area contributed by atoms with Gasteiger partial charge < -0.3 is 27.9 Å². The van der Waals surface area contributed by atoms with Gasteiger partial charge in [-0.2, -0.15) is 0 Å². The van der Waals surface area contributed by atoms with Gasteiger partial charge >= 0.3 is 11.9 Å². The smallest absolute Gasteiger partial charge is 0.306 e. The van der Waals surface area contributed by atoms with Crippen molar-refractivity contribution in [3.05, 3.63) is 12.2 Å². The van der Waals surface area contributed by atoms with Crippen LogP contribution >= 0.6 is 7.82 Å². The monoisotopic (exact) mass is 886 g/mol. The molecular weight excluding hydrogens is 786 g/mol. The molecule has 0 aliphatic carbocycles. The van der Waals surface area contributed by atoms with Crippen LogP contribution in [0, 0.1) is 0 Å². The van der Waals surface area contributed by atoms with E-state index in [-0.39, 0.29) is 26.1 Å². The van der Waals surface area contributed by atoms with Gasteiger partial charge in [0.05, 0.1) is 27.7 Å². The number of nitrogens with zero attached hydrogens (tertiary/aromatic N) is 1. The van der Waals surface area contributed by atoms with E-state index in [1.807, 2.05) is 27.2 Å². The van der Waals surface area contributed by atoms with Crippen molar-refractivity contribution in [3.63, 3.8) is 0 Å². The van der Waals surface area contributed by atoms with E-state index >= 15 is 0 Å². The summed E-state index contributed by atoms with van der Waals surface area (Å²) < 4.78 is 34.0. The number of hydrogen-bond donors (Lipinski definition) is 0. The van der Waals surface area contributed by atoms with Gasteiger partial charge in [0.2, 0.25) is 0 Å². The lowest BCUT2D eigenvalue weighted by molar-refractivity contribution is -0.870. The van der Waals surface area contributed by atoms with E-state index in [4.69, 9.17) is 18.5 Å². The molecule has 2 atom stereocenters. The summed E-state index contributed by atoms with van der Waals surface area (Å²) in [6.45, 7) is 4.24.